The minimum atomic E-state index is 0.960. The van der Waals surface area contributed by atoms with Crippen molar-refractivity contribution in [1.82, 2.24) is 44.1 Å². The molecular weight excluding hydrogens is 280 g/mol. The second-order valence-corrected chi connectivity index (χ2v) is 5.85. The fraction of sp³-hybridized carbons (Fsp3) is 1.00. The van der Waals surface area contributed by atoms with Crippen molar-refractivity contribution in [3.63, 3.8) is 0 Å². The van der Waals surface area contributed by atoms with Gasteiger partial charge in [0.25, 0.3) is 0 Å². The van der Waals surface area contributed by atoms with Crippen LogP contribution in [0.4, 0.5) is 0 Å². The van der Waals surface area contributed by atoms with Crippen molar-refractivity contribution in [3.05, 3.63) is 0 Å². The zero-order valence-electron chi connectivity index (χ0n) is 13.9. The van der Waals surface area contributed by atoms with Crippen LogP contribution in [0.15, 0.2) is 0 Å². The Kier molecular flexibility index (Phi) is 15.3. The summed E-state index contributed by atoms with van der Waals surface area (Å²) in [5, 5.41) is 0. The van der Waals surface area contributed by atoms with Gasteiger partial charge in [-0.05, 0) is 12.8 Å². The monoisotopic (exact) mass is 316 g/mol. The zero-order chi connectivity index (χ0) is 15.6. The van der Waals surface area contributed by atoms with E-state index in [1.807, 2.05) is 0 Å². The van der Waals surface area contributed by atoms with Crippen LogP contribution in [0.2, 0.25) is 0 Å². The molecule has 0 unspecified atom stereocenters. The number of hydrogen-bond donors (Lipinski definition) is 8. The van der Waals surface area contributed by atoms with E-state index in [0.717, 1.165) is 13.1 Å². The minimum absolute atomic E-state index is 0.960. The molecule has 0 bridgehead atoms. The third-order valence-electron chi connectivity index (χ3n) is 3.84. The summed E-state index contributed by atoms with van der Waals surface area (Å²) in [6.07, 6.45) is 16.2. The van der Waals surface area contributed by atoms with Gasteiger partial charge in [0.2, 0.25) is 0 Å². The Labute approximate surface area is 135 Å². The van der Waals surface area contributed by atoms with Crippen LogP contribution in [0, 0.1) is 0 Å². The fourth-order valence-electron chi connectivity index (χ4n) is 2.53. The van der Waals surface area contributed by atoms with Crippen LogP contribution in [-0.4, -0.2) is 13.1 Å². The summed E-state index contributed by atoms with van der Waals surface area (Å²) in [6, 6.07) is 0. The van der Waals surface area contributed by atoms with E-state index in [4.69, 9.17) is 0 Å². The van der Waals surface area contributed by atoms with Crippen LogP contribution < -0.4 is 44.1 Å². The lowest BCUT2D eigenvalue weighted by atomic mass is 10.1. The average molecular weight is 316 g/mol. The topological polar surface area (TPSA) is 96.2 Å². The van der Waals surface area contributed by atoms with Gasteiger partial charge < -0.3 is 0 Å². The first-order chi connectivity index (χ1) is 11.0. The van der Waals surface area contributed by atoms with Crippen LogP contribution in [-0.2, 0) is 0 Å². The summed E-state index contributed by atoms with van der Waals surface area (Å²) in [5.41, 5.74) is 22.9. The van der Waals surface area contributed by atoms with Gasteiger partial charge in [-0.2, -0.15) is 33.2 Å². The second kappa shape index (κ2) is 17.0. The predicted octanol–water partition coefficient (Wildman–Crippen LogP) is 0.803. The molecule has 1 aliphatic heterocycles. The molecule has 1 fully saturated rings. The van der Waals surface area contributed by atoms with Crippen LogP contribution in [0.25, 0.3) is 0 Å². The third kappa shape index (κ3) is 14.6. The summed E-state index contributed by atoms with van der Waals surface area (Å²) in [5.74, 6) is 0. The molecule has 8 heteroatoms. The highest BCUT2D eigenvalue weighted by Gasteiger charge is 1.94. The first-order valence-corrected chi connectivity index (χ1v) is 8.96. The molecule has 0 spiro atoms. The molecule has 0 aliphatic carbocycles. The van der Waals surface area contributed by atoms with Crippen molar-refractivity contribution in [2.24, 2.45) is 0 Å². The van der Waals surface area contributed by atoms with E-state index < -0.39 is 0 Å². The number of rotatable bonds is 0. The van der Waals surface area contributed by atoms with Crippen LogP contribution in [0.1, 0.15) is 77.0 Å². The maximum Gasteiger partial charge on any atom is 0.0113 e. The van der Waals surface area contributed by atoms with Gasteiger partial charge in [-0.1, -0.05) is 64.2 Å². The van der Waals surface area contributed by atoms with E-state index in [-0.39, 0.29) is 0 Å². The Morgan fingerprint density at radius 2 is 0.545 bits per heavy atom. The Morgan fingerprint density at radius 3 is 0.909 bits per heavy atom. The third-order valence-corrected chi connectivity index (χ3v) is 3.84. The van der Waals surface area contributed by atoms with E-state index in [0.29, 0.717) is 0 Å². The van der Waals surface area contributed by atoms with Crippen molar-refractivity contribution >= 4 is 0 Å². The smallest absolute Gasteiger partial charge is 0.0113 e. The van der Waals surface area contributed by atoms with Gasteiger partial charge in [0.15, 0.2) is 0 Å². The van der Waals surface area contributed by atoms with Crippen molar-refractivity contribution in [2.45, 2.75) is 77.0 Å². The lowest BCUT2D eigenvalue weighted by molar-refractivity contribution is 0.254. The highest BCUT2D eigenvalue weighted by molar-refractivity contribution is 4.50. The SMILES string of the molecule is C1CCCCCCCNNNNNNNNCCCCCC1. The van der Waals surface area contributed by atoms with Gasteiger partial charge >= 0.3 is 0 Å². The van der Waals surface area contributed by atoms with Gasteiger partial charge in [0.1, 0.15) is 0 Å². The summed E-state index contributed by atoms with van der Waals surface area (Å²) in [6.45, 7) is 1.92. The van der Waals surface area contributed by atoms with E-state index in [9.17, 15) is 0 Å². The number of nitrogens with one attached hydrogen (secondary N) is 8. The van der Waals surface area contributed by atoms with E-state index >= 15 is 0 Å². The maximum absolute atomic E-state index is 3.10. The average Bonchev–Trinajstić information content (AvgIpc) is 2.53. The fourth-order valence-corrected chi connectivity index (χ4v) is 2.53. The quantitative estimate of drug-likeness (QED) is 0.333. The predicted molar refractivity (Wildman–Crippen MR) is 90.2 cm³/mol. The Morgan fingerprint density at radius 1 is 0.273 bits per heavy atom. The van der Waals surface area contributed by atoms with Crippen molar-refractivity contribution in [2.75, 3.05) is 13.1 Å². The highest BCUT2D eigenvalue weighted by atomic mass is 15.9. The molecular formula is C14H36N8. The first kappa shape index (κ1) is 19.7. The van der Waals surface area contributed by atoms with Gasteiger partial charge in [-0.25, -0.2) is 10.9 Å². The molecule has 0 amide bonds. The zero-order valence-corrected chi connectivity index (χ0v) is 13.9. The number of hydrogen-bond acceptors (Lipinski definition) is 8. The van der Waals surface area contributed by atoms with E-state index in [1.54, 1.807) is 0 Å². The normalized spacial score (nSPS) is 24.0. The molecule has 0 aromatic carbocycles. The van der Waals surface area contributed by atoms with Crippen LogP contribution >= 0.6 is 0 Å². The highest BCUT2D eigenvalue weighted by Crippen LogP contribution is 2.11. The minimum Gasteiger partial charge on any atom is -0.243 e. The molecule has 22 heavy (non-hydrogen) atoms. The van der Waals surface area contributed by atoms with Gasteiger partial charge in [-0.15, -0.1) is 0 Å². The van der Waals surface area contributed by atoms with Crippen LogP contribution in [0.5, 0.6) is 0 Å². The molecule has 132 valence electrons. The number of hydrazine groups is 7. The second-order valence-electron chi connectivity index (χ2n) is 5.85. The summed E-state index contributed by atoms with van der Waals surface area (Å²) in [4.78, 5) is 0. The van der Waals surface area contributed by atoms with E-state index in [2.05, 4.69) is 44.1 Å². The molecule has 1 rings (SSSR count). The van der Waals surface area contributed by atoms with Crippen molar-refractivity contribution in [1.29, 1.82) is 0 Å². The molecule has 8 nitrogen and oxygen atoms in total. The molecule has 0 atom stereocenters. The molecule has 0 aromatic heterocycles. The summed E-state index contributed by atoms with van der Waals surface area (Å²) >= 11 is 0. The van der Waals surface area contributed by atoms with Crippen LogP contribution in [0.3, 0.4) is 0 Å². The Bertz CT molecular complexity index is 119. The molecule has 0 aromatic rings. The largest absolute Gasteiger partial charge is 0.243 e. The molecule has 1 saturated heterocycles. The molecule has 0 radical (unpaired) electrons. The molecule has 0 saturated carbocycles. The Hall–Kier alpha value is -0.320. The molecule has 1 aliphatic rings. The first-order valence-electron chi connectivity index (χ1n) is 8.96. The summed E-state index contributed by atoms with van der Waals surface area (Å²) in [7, 11) is 0. The lowest BCUT2D eigenvalue weighted by Crippen LogP contribution is -2.63. The molecule has 1 heterocycles. The molecule has 8 N–H and O–H groups in total. The maximum atomic E-state index is 3.10. The Balaban J connectivity index is 2.00. The van der Waals surface area contributed by atoms with E-state index in [1.165, 1.54) is 77.0 Å². The lowest BCUT2D eigenvalue weighted by Gasteiger charge is -2.13. The van der Waals surface area contributed by atoms with Gasteiger partial charge in [0.05, 0.1) is 0 Å². The van der Waals surface area contributed by atoms with Crippen molar-refractivity contribution in [3.8, 4) is 0 Å². The van der Waals surface area contributed by atoms with Gasteiger partial charge in [0, 0.05) is 13.1 Å². The van der Waals surface area contributed by atoms with Gasteiger partial charge in [-0.3, -0.25) is 0 Å². The van der Waals surface area contributed by atoms with Crippen molar-refractivity contribution < 1.29 is 0 Å². The summed E-state index contributed by atoms with van der Waals surface area (Å²) < 4.78 is 0. The standard InChI is InChI=1S/C14H36N8/c1-2-4-6-8-10-12-14-16-18-20-22-21-19-17-15-13-11-9-7-5-3-1/h15-22H,1-14H2.